The fraction of sp³-hybridized carbons (Fsp3) is 0.389. The van der Waals surface area contributed by atoms with Crippen molar-refractivity contribution >= 4 is 38.7 Å². The van der Waals surface area contributed by atoms with E-state index < -0.39 is 15.5 Å². The Kier molecular flexibility index (Phi) is 5.86. The van der Waals surface area contributed by atoms with Crippen LogP contribution in [0.25, 0.3) is 0 Å². The van der Waals surface area contributed by atoms with Crippen LogP contribution in [0.5, 0.6) is 0 Å². The molecule has 0 spiro atoms. The summed E-state index contributed by atoms with van der Waals surface area (Å²) in [5, 5.41) is 11.9. The van der Waals surface area contributed by atoms with Crippen LogP contribution in [-0.2, 0) is 14.5 Å². The SMILES string of the molecule is C[C@@H]1COCCN1c1cc(N=S(C)(C)=O)nc(Nc2cc(C#N)cc(F)c2N)n1. The number of hydrogen-bond acceptors (Lipinski definition) is 9. The summed E-state index contributed by atoms with van der Waals surface area (Å²) in [6.45, 7) is 3.70. The quantitative estimate of drug-likeness (QED) is 0.723. The minimum absolute atomic E-state index is 0.0661. The molecule has 1 aromatic carbocycles. The molecule has 2 heterocycles. The highest BCUT2D eigenvalue weighted by molar-refractivity contribution is 7.92. The summed E-state index contributed by atoms with van der Waals surface area (Å²) in [4.78, 5) is 10.8. The molecule has 0 aliphatic carbocycles. The first-order valence-corrected chi connectivity index (χ1v) is 11.2. The molecule has 11 heteroatoms. The van der Waals surface area contributed by atoms with E-state index in [1.165, 1.54) is 18.6 Å². The monoisotopic (exact) mass is 419 g/mol. The van der Waals surface area contributed by atoms with Gasteiger partial charge in [-0.3, -0.25) is 0 Å². The topological polar surface area (TPSA) is 130 Å². The number of ether oxygens (including phenoxy) is 1. The number of rotatable bonds is 4. The highest BCUT2D eigenvalue weighted by Crippen LogP contribution is 2.29. The summed E-state index contributed by atoms with van der Waals surface area (Å²) < 4.78 is 35.8. The number of nitrogens with two attached hydrogens (primary N) is 1. The van der Waals surface area contributed by atoms with Crippen molar-refractivity contribution in [1.29, 1.82) is 5.26 Å². The van der Waals surface area contributed by atoms with Crippen LogP contribution in [0.1, 0.15) is 12.5 Å². The molecule has 1 aliphatic heterocycles. The zero-order valence-corrected chi connectivity index (χ0v) is 17.2. The molecule has 1 atom stereocenters. The fourth-order valence-corrected chi connectivity index (χ4v) is 3.41. The molecule has 2 aromatic rings. The number of anilines is 4. The number of aromatic nitrogens is 2. The Labute approximate surface area is 168 Å². The molecule has 0 bridgehead atoms. The zero-order valence-electron chi connectivity index (χ0n) is 16.3. The predicted octanol–water partition coefficient (Wildman–Crippen LogP) is 2.40. The van der Waals surface area contributed by atoms with Crippen LogP contribution < -0.4 is 16.0 Å². The van der Waals surface area contributed by atoms with E-state index in [1.54, 1.807) is 6.07 Å². The number of nitriles is 1. The van der Waals surface area contributed by atoms with Crippen molar-refractivity contribution in [2.75, 3.05) is 48.2 Å². The van der Waals surface area contributed by atoms with Crippen LogP contribution in [0.4, 0.5) is 33.3 Å². The van der Waals surface area contributed by atoms with Crippen LogP contribution >= 0.6 is 0 Å². The Balaban J connectivity index is 2.08. The van der Waals surface area contributed by atoms with Crippen molar-refractivity contribution in [3.8, 4) is 6.07 Å². The van der Waals surface area contributed by atoms with Crippen LogP contribution in [-0.4, -0.2) is 52.5 Å². The molecule has 1 aliphatic rings. The molecule has 154 valence electrons. The first-order valence-electron chi connectivity index (χ1n) is 8.83. The van der Waals surface area contributed by atoms with Gasteiger partial charge in [0, 0.05) is 34.9 Å². The van der Waals surface area contributed by atoms with Crippen molar-refractivity contribution in [2.45, 2.75) is 13.0 Å². The number of halogens is 1. The summed E-state index contributed by atoms with van der Waals surface area (Å²) >= 11 is 0. The van der Waals surface area contributed by atoms with Gasteiger partial charge >= 0.3 is 0 Å². The Morgan fingerprint density at radius 1 is 1.41 bits per heavy atom. The van der Waals surface area contributed by atoms with Gasteiger partial charge in [-0.1, -0.05) is 0 Å². The van der Waals surface area contributed by atoms with Gasteiger partial charge in [-0.25, -0.2) is 8.60 Å². The van der Waals surface area contributed by atoms with E-state index in [4.69, 9.17) is 15.7 Å². The Morgan fingerprint density at radius 2 is 2.17 bits per heavy atom. The lowest BCUT2D eigenvalue weighted by Gasteiger charge is -2.34. The second-order valence-electron chi connectivity index (χ2n) is 6.95. The highest BCUT2D eigenvalue weighted by atomic mass is 32.2. The summed E-state index contributed by atoms with van der Waals surface area (Å²) in [5.41, 5.74) is 5.90. The number of nitrogen functional groups attached to an aromatic ring is 1. The molecule has 0 radical (unpaired) electrons. The fourth-order valence-electron chi connectivity index (χ4n) is 2.87. The van der Waals surface area contributed by atoms with Gasteiger partial charge in [0.1, 0.15) is 11.6 Å². The van der Waals surface area contributed by atoms with Crippen LogP contribution in [0.3, 0.4) is 0 Å². The van der Waals surface area contributed by atoms with E-state index in [2.05, 4.69) is 19.6 Å². The molecule has 1 fully saturated rings. The largest absolute Gasteiger partial charge is 0.395 e. The molecule has 29 heavy (non-hydrogen) atoms. The lowest BCUT2D eigenvalue weighted by molar-refractivity contribution is 0.0985. The van der Waals surface area contributed by atoms with E-state index >= 15 is 0 Å². The second-order valence-corrected chi connectivity index (χ2v) is 9.50. The Bertz CT molecular complexity index is 1080. The molecule has 0 amide bonds. The second kappa shape index (κ2) is 8.18. The third kappa shape index (κ3) is 5.10. The van der Waals surface area contributed by atoms with E-state index in [-0.39, 0.29) is 34.7 Å². The molecule has 1 aromatic heterocycles. The van der Waals surface area contributed by atoms with Gasteiger partial charge in [-0.2, -0.15) is 19.6 Å². The number of nitrogens with zero attached hydrogens (tertiary/aromatic N) is 5. The summed E-state index contributed by atoms with van der Waals surface area (Å²) in [5.74, 6) is 0.169. The normalized spacial score (nSPS) is 16.9. The van der Waals surface area contributed by atoms with Crippen LogP contribution in [0, 0.1) is 17.1 Å². The van der Waals surface area contributed by atoms with E-state index in [1.807, 2.05) is 17.9 Å². The molecular formula is C18H22FN7O2S. The standard InChI is InChI=1S/C18H22FN7O2S/c1-11-10-28-5-4-26(11)16-8-15(25-29(2,3)27)23-18(24-16)22-14-7-12(9-20)6-13(19)17(14)21/h6-8,11H,4-5,10,21H2,1-3H3,(H,22,23,24)/t11-/m1/s1. The van der Waals surface area contributed by atoms with E-state index in [0.717, 1.165) is 6.07 Å². The third-order valence-corrected chi connectivity index (χ3v) is 4.81. The molecule has 3 rings (SSSR count). The predicted molar refractivity (Wildman–Crippen MR) is 111 cm³/mol. The van der Waals surface area contributed by atoms with Crippen molar-refractivity contribution < 1.29 is 13.3 Å². The first kappa shape index (κ1) is 20.8. The molecule has 9 nitrogen and oxygen atoms in total. The molecule has 3 N–H and O–H groups in total. The first-order chi connectivity index (χ1) is 13.7. The minimum atomic E-state index is -2.47. The van der Waals surface area contributed by atoms with Gasteiger partial charge in [-0.05, 0) is 19.1 Å². The number of nitrogens with one attached hydrogen (secondary N) is 1. The Morgan fingerprint density at radius 3 is 2.83 bits per heavy atom. The van der Waals surface area contributed by atoms with Crippen molar-refractivity contribution in [3.63, 3.8) is 0 Å². The number of hydrogen-bond donors (Lipinski definition) is 2. The lowest BCUT2D eigenvalue weighted by Crippen LogP contribution is -2.44. The number of morpholine rings is 1. The van der Waals surface area contributed by atoms with Crippen LogP contribution in [0.2, 0.25) is 0 Å². The lowest BCUT2D eigenvalue weighted by atomic mass is 10.2. The molecular weight excluding hydrogens is 397 g/mol. The molecule has 1 saturated heterocycles. The molecule has 0 unspecified atom stereocenters. The smallest absolute Gasteiger partial charge is 0.231 e. The minimum Gasteiger partial charge on any atom is -0.395 e. The van der Waals surface area contributed by atoms with Gasteiger partial charge in [0.25, 0.3) is 0 Å². The zero-order chi connectivity index (χ0) is 21.2. The van der Waals surface area contributed by atoms with Crippen LogP contribution in [0.15, 0.2) is 22.6 Å². The maximum atomic E-state index is 14.0. The van der Waals surface area contributed by atoms with Gasteiger partial charge in [0.15, 0.2) is 5.82 Å². The van der Waals surface area contributed by atoms with Crippen molar-refractivity contribution in [3.05, 3.63) is 29.6 Å². The maximum Gasteiger partial charge on any atom is 0.231 e. The summed E-state index contributed by atoms with van der Waals surface area (Å²) in [7, 11) is -2.47. The average Bonchev–Trinajstić information content (AvgIpc) is 2.64. The maximum absolute atomic E-state index is 14.0. The third-order valence-electron chi connectivity index (χ3n) is 4.18. The van der Waals surface area contributed by atoms with Crippen molar-refractivity contribution in [2.24, 2.45) is 4.36 Å². The van der Waals surface area contributed by atoms with E-state index in [9.17, 15) is 8.60 Å². The van der Waals surface area contributed by atoms with Crippen molar-refractivity contribution in [1.82, 2.24) is 9.97 Å². The molecule has 0 saturated carbocycles. The summed E-state index contributed by atoms with van der Waals surface area (Å²) in [6.07, 6.45) is 3.01. The summed E-state index contributed by atoms with van der Waals surface area (Å²) in [6, 6.07) is 6.05. The average molecular weight is 419 g/mol. The van der Waals surface area contributed by atoms with Gasteiger partial charge < -0.3 is 20.7 Å². The van der Waals surface area contributed by atoms with Gasteiger partial charge in [0.05, 0.1) is 42.3 Å². The number of benzene rings is 1. The van der Waals surface area contributed by atoms with Gasteiger partial charge in [0.2, 0.25) is 5.95 Å². The Hall–Kier alpha value is -2.97. The van der Waals surface area contributed by atoms with E-state index in [0.29, 0.717) is 25.6 Å². The highest BCUT2D eigenvalue weighted by Gasteiger charge is 2.22. The van der Waals surface area contributed by atoms with Gasteiger partial charge in [-0.15, -0.1) is 0 Å².